The third kappa shape index (κ3) is 4.63. The number of piperidine rings is 1. The molecule has 0 spiro atoms. The van der Waals surface area contributed by atoms with Gasteiger partial charge in [0.15, 0.2) is 0 Å². The lowest BCUT2D eigenvalue weighted by atomic mass is 9.95. The van der Waals surface area contributed by atoms with Crippen LogP contribution in [-0.2, 0) is 11.3 Å². The quantitative estimate of drug-likeness (QED) is 0.851. The molecule has 0 saturated carbocycles. The van der Waals surface area contributed by atoms with Crippen LogP contribution in [0.3, 0.4) is 0 Å². The van der Waals surface area contributed by atoms with E-state index < -0.39 is 0 Å². The van der Waals surface area contributed by atoms with Crippen molar-refractivity contribution in [3.63, 3.8) is 0 Å². The van der Waals surface area contributed by atoms with Gasteiger partial charge in [0.05, 0.1) is 5.56 Å². The van der Waals surface area contributed by atoms with E-state index in [9.17, 15) is 9.59 Å². The number of nitrogens with zero attached hydrogens (tertiary/aromatic N) is 3. The molecule has 0 radical (unpaired) electrons. The van der Waals surface area contributed by atoms with Crippen LogP contribution >= 0.6 is 15.9 Å². The lowest BCUT2D eigenvalue weighted by Gasteiger charge is -2.31. The van der Waals surface area contributed by atoms with Gasteiger partial charge in [-0.25, -0.2) is 0 Å². The maximum atomic E-state index is 12.5. The van der Waals surface area contributed by atoms with Crippen LogP contribution in [0, 0.1) is 5.92 Å². The van der Waals surface area contributed by atoms with E-state index in [0.717, 1.165) is 10.0 Å². The molecule has 6 nitrogen and oxygen atoms in total. The Bertz CT molecular complexity index is 746. The van der Waals surface area contributed by atoms with E-state index in [0.29, 0.717) is 38.0 Å². The number of hydrogen-bond donors (Lipinski definition) is 1. The van der Waals surface area contributed by atoms with Gasteiger partial charge >= 0.3 is 0 Å². The summed E-state index contributed by atoms with van der Waals surface area (Å²) < 4.78 is 0.781. The van der Waals surface area contributed by atoms with Gasteiger partial charge in [-0.1, -0.05) is 6.07 Å². The second-order valence-electron chi connectivity index (χ2n) is 6.04. The normalized spacial score (nSPS) is 15.0. The van der Waals surface area contributed by atoms with E-state index in [2.05, 4.69) is 31.2 Å². The minimum absolute atomic E-state index is 0.0389. The standard InChI is InChI=1S/C18H19BrN4O2/c19-16-8-15(11-21-12-16)18(25)23-6-3-14(4-7-23)17(24)22-10-13-2-1-5-20-9-13/h1-2,5,8-9,11-12,14H,3-4,6-7,10H2,(H,22,24). The summed E-state index contributed by atoms with van der Waals surface area (Å²) in [5.74, 6) is -0.0514. The number of carbonyl (C=O) groups excluding carboxylic acids is 2. The zero-order chi connectivity index (χ0) is 17.6. The van der Waals surface area contributed by atoms with Crippen molar-refractivity contribution < 1.29 is 9.59 Å². The van der Waals surface area contributed by atoms with E-state index in [1.165, 1.54) is 0 Å². The summed E-state index contributed by atoms with van der Waals surface area (Å²) in [6.07, 6.45) is 8.01. The maximum Gasteiger partial charge on any atom is 0.255 e. The summed E-state index contributed by atoms with van der Waals surface area (Å²) in [5, 5.41) is 2.95. The molecule has 0 bridgehead atoms. The number of halogens is 1. The Kier molecular flexibility index (Phi) is 5.75. The Morgan fingerprint density at radius 3 is 2.68 bits per heavy atom. The molecular formula is C18H19BrN4O2. The molecule has 2 aromatic heterocycles. The number of carbonyl (C=O) groups is 2. The van der Waals surface area contributed by atoms with Gasteiger partial charge in [-0.15, -0.1) is 0 Å². The average Bonchev–Trinajstić information content (AvgIpc) is 2.66. The average molecular weight is 403 g/mol. The topological polar surface area (TPSA) is 75.2 Å². The van der Waals surface area contributed by atoms with Crippen LogP contribution in [0.25, 0.3) is 0 Å². The molecule has 7 heteroatoms. The molecule has 1 fully saturated rings. The highest BCUT2D eigenvalue weighted by atomic mass is 79.9. The van der Waals surface area contributed by atoms with Gasteiger partial charge in [-0.2, -0.15) is 0 Å². The minimum atomic E-state index is -0.0543. The number of rotatable bonds is 4. The number of pyridine rings is 2. The molecule has 25 heavy (non-hydrogen) atoms. The SMILES string of the molecule is O=C(NCc1cccnc1)C1CCN(C(=O)c2cncc(Br)c2)CC1. The van der Waals surface area contributed by atoms with E-state index in [4.69, 9.17) is 0 Å². The van der Waals surface area contributed by atoms with Crippen molar-refractivity contribution in [1.82, 2.24) is 20.2 Å². The van der Waals surface area contributed by atoms with Gasteiger partial charge in [-0.05, 0) is 46.5 Å². The number of amides is 2. The summed E-state index contributed by atoms with van der Waals surface area (Å²) >= 11 is 3.33. The molecule has 2 aromatic rings. The van der Waals surface area contributed by atoms with Gasteiger partial charge < -0.3 is 10.2 Å². The highest BCUT2D eigenvalue weighted by molar-refractivity contribution is 9.10. The fraction of sp³-hybridized carbons (Fsp3) is 0.333. The smallest absolute Gasteiger partial charge is 0.255 e. The number of nitrogens with one attached hydrogen (secondary N) is 1. The van der Waals surface area contributed by atoms with Crippen LogP contribution in [0.5, 0.6) is 0 Å². The first-order chi connectivity index (χ1) is 12.1. The summed E-state index contributed by atoms with van der Waals surface area (Å²) in [5.41, 5.74) is 1.54. The van der Waals surface area contributed by atoms with Crippen molar-refractivity contribution in [2.45, 2.75) is 19.4 Å². The Morgan fingerprint density at radius 1 is 1.20 bits per heavy atom. The molecule has 0 aromatic carbocycles. The number of aromatic nitrogens is 2. The van der Waals surface area contributed by atoms with E-state index in [-0.39, 0.29) is 17.7 Å². The molecule has 0 unspecified atom stereocenters. The highest BCUT2D eigenvalue weighted by Gasteiger charge is 2.27. The van der Waals surface area contributed by atoms with Crippen LogP contribution in [0.15, 0.2) is 47.5 Å². The fourth-order valence-corrected chi connectivity index (χ4v) is 3.26. The van der Waals surface area contributed by atoms with Gasteiger partial charge in [0, 0.05) is 54.8 Å². The summed E-state index contributed by atoms with van der Waals surface area (Å²) in [4.78, 5) is 34.7. The third-order valence-corrected chi connectivity index (χ3v) is 4.73. The molecule has 3 heterocycles. The molecule has 1 aliphatic rings. The molecule has 2 amide bonds. The molecule has 0 atom stereocenters. The zero-order valence-corrected chi connectivity index (χ0v) is 15.3. The molecule has 3 rings (SSSR count). The van der Waals surface area contributed by atoms with Gasteiger partial charge in [0.1, 0.15) is 0 Å². The second-order valence-corrected chi connectivity index (χ2v) is 6.95. The van der Waals surface area contributed by atoms with Gasteiger partial charge in [-0.3, -0.25) is 19.6 Å². The predicted molar refractivity (Wildman–Crippen MR) is 96.6 cm³/mol. The molecular weight excluding hydrogens is 384 g/mol. The van der Waals surface area contributed by atoms with Crippen LogP contribution in [-0.4, -0.2) is 39.8 Å². The van der Waals surface area contributed by atoms with E-state index >= 15 is 0 Å². The monoisotopic (exact) mass is 402 g/mol. The minimum Gasteiger partial charge on any atom is -0.352 e. The second kappa shape index (κ2) is 8.20. The predicted octanol–water partition coefficient (Wildman–Crippen LogP) is 2.41. The molecule has 0 aliphatic carbocycles. The highest BCUT2D eigenvalue weighted by Crippen LogP contribution is 2.20. The Balaban J connectivity index is 1.49. The Labute approximate surface area is 154 Å². The van der Waals surface area contributed by atoms with E-state index in [1.807, 2.05) is 12.1 Å². The molecule has 1 aliphatic heterocycles. The van der Waals surface area contributed by atoms with Crippen molar-refractivity contribution in [1.29, 1.82) is 0 Å². The van der Waals surface area contributed by atoms with Crippen molar-refractivity contribution in [2.75, 3.05) is 13.1 Å². The van der Waals surface area contributed by atoms with Crippen LogP contribution in [0.2, 0.25) is 0 Å². The first-order valence-electron chi connectivity index (χ1n) is 8.20. The van der Waals surface area contributed by atoms with Crippen LogP contribution in [0.4, 0.5) is 0 Å². The molecule has 1 saturated heterocycles. The van der Waals surface area contributed by atoms with Crippen molar-refractivity contribution in [2.24, 2.45) is 5.92 Å². The molecule has 1 N–H and O–H groups in total. The maximum absolute atomic E-state index is 12.5. The largest absolute Gasteiger partial charge is 0.352 e. The summed E-state index contributed by atoms with van der Waals surface area (Å²) in [6, 6.07) is 5.55. The van der Waals surface area contributed by atoms with Crippen molar-refractivity contribution >= 4 is 27.7 Å². The number of hydrogen-bond acceptors (Lipinski definition) is 4. The Hall–Kier alpha value is -2.28. The third-order valence-electron chi connectivity index (χ3n) is 4.29. The lowest BCUT2D eigenvalue weighted by Crippen LogP contribution is -2.43. The summed E-state index contributed by atoms with van der Waals surface area (Å²) in [7, 11) is 0. The van der Waals surface area contributed by atoms with Crippen LogP contribution < -0.4 is 5.32 Å². The summed E-state index contributed by atoms with van der Waals surface area (Å²) in [6.45, 7) is 1.64. The van der Waals surface area contributed by atoms with Gasteiger partial charge in [0.2, 0.25) is 5.91 Å². The van der Waals surface area contributed by atoms with E-state index in [1.54, 1.807) is 35.8 Å². The lowest BCUT2D eigenvalue weighted by molar-refractivity contribution is -0.126. The number of likely N-dealkylation sites (tertiary alicyclic amines) is 1. The Morgan fingerprint density at radius 2 is 2.00 bits per heavy atom. The van der Waals surface area contributed by atoms with Crippen molar-refractivity contribution in [3.05, 3.63) is 58.6 Å². The van der Waals surface area contributed by atoms with Crippen LogP contribution in [0.1, 0.15) is 28.8 Å². The van der Waals surface area contributed by atoms with Gasteiger partial charge in [0.25, 0.3) is 5.91 Å². The first kappa shape index (κ1) is 17.5. The molecule has 130 valence electrons. The first-order valence-corrected chi connectivity index (χ1v) is 8.99. The van der Waals surface area contributed by atoms with Crippen molar-refractivity contribution in [3.8, 4) is 0 Å². The fourth-order valence-electron chi connectivity index (χ4n) is 2.89. The zero-order valence-electron chi connectivity index (χ0n) is 13.7.